The van der Waals surface area contributed by atoms with Gasteiger partial charge in [-0.3, -0.25) is 9.48 Å². The van der Waals surface area contributed by atoms with Crippen LogP contribution in [0.15, 0.2) is 12.1 Å². The molecule has 2 aromatic heterocycles. The number of hydrogen-bond donors (Lipinski definition) is 1. The Bertz CT molecular complexity index is 922. The van der Waals surface area contributed by atoms with Gasteiger partial charge in [0, 0.05) is 37.6 Å². The Morgan fingerprint density at radius 3 is 2.86 bits per heavy atom. The van der Waals surface area contributed by atoms with Gasteiger partial charge in [-0.1, -0.05) is 0 Å². The number of fused-ring (bicyclic) bond motifs is 1. The number of nitrogens with zero attached hydrogens (tertiary/aromatic N) is 5. The zero-order chi connectivity index (χ0) is 19.7. The van der Waals surface area contributed by atoms with Gasteiger partial charge in [0.05, 0.1) is 5.56 Å². The summed E-state index contributed by atoms with van der Waals surface area (Å²) in [4.78, 5) is 19.6. The van der Waals surface area contributed by atoms with E-state index in [9.17, 15) is 10.1 Å². The standard InChI is InChI=1S/C21H26N6O/c1-14-10-19(25-26(14)2)21(28)23-17-7-5-9-27(13-17)20-16(12-22)11-15-6-3-4-8-18(15)24-20/h10-11,17H,3-9,13H2,1-2H3,(H,23,28). The zero-order valence-corrected chi connectivity index (χ0v) is 16.5. The number of carbonyl (C=O) groups excluding carboxylic acids is 1. The minimum Gasteiger partial charge on any atom is -0.353 e. The van der Waals surface area contributed by atoms with Gasteiger partial charge >= 0.3 is 0 Å². The van der Waals surface area contributed by atoms with Gasteiger partial charge in [0.15, 0.2) is 0 Å². The van der Waals surface area contributed by atoms with Crippen LogP contribution in [0, 0.1) is 18.3 Å². The summed E-state index contributed by atoms with van der Waals surface area (Å²) in [7, 11) is 1.83. The number of hydrogen-bond acceptors (Lipinski definition) is 5. The van der Waals surface area contributed by atoms with Gasteiger partial charge in [0.25, 0.3) is 5.91 Å². The second kappa shape index (κ2) is 7.63. The van der Waals surface area contributed by atoms with Crippen LogP contribution in [-0.2, 0) is 19.9 Å². The first-order valence-electron chi connectivity index (χ1n) is 10.0. The Labute approximate surface area is 165 Å². The second-order valence-electron chi connectivity index (χ2n) is 7.84. The number of aromatic nitrogens is 3. The molecule has 4 rings (SSSR count). The van der Waals surface area contributed by atoms with E-state index in [2.05, 4.69) is 21.4 Å². The van der Waals surface area contributed by atoms with Crippen LogP contribution in [0.1, 0.15) is 58.7 Å². The molecule has 1 amide bonds. The van der Waals surface area contributed by atoms with Crippen molar-refractivity contribution in [1.82, 2.24) is 20.1 Å². The van der Waals surface area contributed by atoms with Gasteiger partial charge in [0.1, 0.15) is 17.6 Å². The number of amides is 1. The monoisotopic (exact) mass is 378 g/mol. The fourth-order valence-corrected chi connectivity index (χ4v) is 4.16. The summed E-state index contributed by atoms with van der Waals surface area (Å²) >= 11 is 0. The normalized spacial score (nSPS) is 19.0. The summed E-state index contributed by atoms with van der Waals surface area (Å²) in [5, 5.41) is 17.0. The predicted octanol–water partition coefficient (Wildman–Crippen LogP) is 2.27. The average molecular weight is 378 g/mol. The molecule has 7 nitrogen and oxygen atoms in total. The highest BCUT2D eigenvalue weighted by Crippen LogP contribution is 2.28. The molecule has 2 aliphatic rings. The van der Waals surface area contributed by atoms with Crippen LogP contribution in [0.5, 0.6) is 0 Å². The van der Waals surface area contributed by atoms with E-state index in [4.69, 9.17) is 4.98 Å². The molecule has 1 atom stereocenters. The number of rotatable bonds is 3. The number of anilines is 1. The lowest BCUT2D eigenvalue weighted by atomic mass is 9.94. The van der Waals surface area contributed by atoms with Gasteiger partial charge in [0.2, 0.25) is 0 Å². The molecule has 146 valence electrons. The van der Waals surface area contributed by atoms with Gasteiger partial charge in [-0.25, -0.2) is 4.98 Å². The van der Waals surface area contributed by atoms with Crippen LogP contribution >= 0.6 is 0 Å². The summed E-state index contributed by atoms with van der Waals surface area (Å²) in [6.45, 7) is 3.45. The van der Waals surface area contributed by atoms with Gasteiger partial charge in [-0.15, -0.1) is 0 Å². The Balaban J connectivity index is 1.51. The highest BCUT2D eigenvalue weighted by molar-refractivity contribution is 5.92. The van der Waals surface area contributed by atoms with Crippen LogP contribution in [0.25, 0.3) is 0 Å². The van der Waals surface area contributed by atoms with Crippen LogP contribution < -0.4 is 10.2 Å². The Morgan fingerprint density at radius 2 is 2.11 bits per heavy atom. The third-order valence-electron chi connectivity index (χ3n) is 5.80. The molecule has 7 heteroatoms. The van der Waals surface area contributed by atoms with Crippen molar-refractivity contribution in [2.75, 3.05) is 18.0 Å². The van der Waals surface area contributed by atoms with E-state index in [0.29, 0.717) is 17.8 Å². The molecular formula is C21H26N6O. The lowest BCUT2D eigenvalue weighted by molar-refractivity contribution is 0.0927. The van der Waals surface area contributed by atoms with Crippen molar-refractivity contribution in [1.29, 1.82) is 5.26 Å². The molecular weight excluding hydrogens is 352 g/mol. The number of nitriles is 1. The molecule has 0 spiro atoms. The molecule has 3 heterocycles. The minimum absolute atomic E-state index is 0.0212. The first-order chi connectivity index (χ1) is 13.5. The van der Waals surface area contributed by atoms with Gasteiger partial charge in [-0.2, -0.15) is 10.4 Å². The fourth-order valence-electron chi connectivity index (χ4n) is 4.16. The lowest BCUT2D eigenvalue weighted by Crippen LogP contribution is -2.48. The summed E-state index contributed by atoms with van der Waals surface area (Å²) < 4.78 is 1.71. The van der Waals surface area contributed by atoms with Crippen molar-refractivity contribution < 1.29 is 4.79 Å². The van der Waals surface area contributed by atoms with E-state index in [1.165, 1.54) is 12.0 Å². The van der Waals surface area contributed by atoms with E-state index < -0.39 is 0 Å². The molecule has 2 aromatic rings. The average Bonchev–Trinajstić information content (AvgIpc) is 3.06. The summed E-state index contributed by atoms with van der Waals surface area (Å²) in [6.07, 6.45) is 6.20. The van der Waals surface area contributed by atoms with Gasteiger partial charge in [-0.05, 0) is 63.1 Å². The number of aryl methyl sites for hydroxylation is 4. The quantitative estimate of drug-likeness (QED) is 0.885. The lowest BCUT2D eigenvalue weighted by Gasteiger charge is -2.35. The Morgan fingerprint density at radius 1 is 1.29 bits per heavy atom. The molecule has 1 aliphatic heterocycles. The van der Waals surface area contributed by atoms with Crippen LogP contribution in [0.4, 0.5) is 5.82 Å². The minimum atomic E-state index is -0.144. The Hall–Kier alpha value is -2.88. The number of piperidine rings is 1. The third-order valence-corrected chi connectivity index (χ3v) is 5.80. The van der Waals surface area contributed by atoms with E-state index in [-0.39, 0.29) is 11.9 Å². The van der Waals surface area contributed by atoms with Crippen molar-refractivity contribution in [3.05, 3.63) is 40.3 Å². The number of nitrogens with one attached hydrogen (secondary N) is 1. The molecule has 28 heavy (non-hydrogen) atoms. The van der Waals surface area contributed by atoms with E-state index in [0.717, 1.165) is 55.9 Å². The smallest absolute Gasteiger partial charge is 0.272 e. The number of pyridine rings is 1. The predicted molar refractivity (Wildman–Crippen MR) is 106 cm³/mol. The molecule has 0 saturated carbocycles. The maximum atomic E-state index is 12.6. The molecule has 1 saturated heterocycles. The molecule has 1 aliphatic carbocycles. The first kappa shape index (κ1) is 18.5. The second-order valence-corrected chi connectivity index (χ2v) is 7.84. The van der Waals surface area contributed by atoms with Crippen molar-refractivity contribution in [3.63, 3.8) is 0 Å². The topological polar surface area (TPSA) is 86.8 Å². The molecule has 0 aromatic carbocycles. The van der Waals surface area contributed by atoms with E-state index >= 15 is 0 Å². The molecule has 0 bridgehead atoms. The summed E-state index contributed by atoms with van der Waals surface area (Å²) in [6, 6.07) is 6.17. The maximum Gasteiger partial charge on any atom is 0.272 e. The third kappa shape index (κ3) is 3.59. The zero-order valence-electron chi connectivity index (χ0n) is 16.5. The molecule has 0 radical (unpaired) electrons. The maximum absolute atomic E-state index is 12.6. The van der Waals surface area contributed by atoms with Crippen LogP contribution in [-0.4, -0.2) is 39.8 Å². The first-order valence-corrected chi connectivity index (χ1v) is 10.0. The van der Waals surface area contributed by atoms with E-state index in [1.807, 2.05) is 20.0 Å². The van der Waals surface area contributed by atoms with Gasteiger partial charge < -0.3 is 10.2 Å². The largest absolute Gasteiger partial charge is 0.353 e. The summed E-state index contributed by atoms with van der Waals surface area (Å²) in [5.74, 6) is 0.630. The number of carbonyl (C=O) groups is 1. The van der Waals surface area contributed by atoms with Crippen molar-refractivity contribution in [3.8, 4) is 6.07 Å². The fraction of sp³-hybridized carbons (Fsp3) is 0.524. The SMILES string of the molecule is Cc1cc(C(=O)NC2CCCN(c3nc4c(cc3C#N)CCCC4)C2)nn1C. The Kier molecular flexibility index (Phi) is 5.03. The highest BCUT2D eigenvalue weighted by atomic mass is 16.2. The van der Waals surface area contributed by atoms with E-state index in [1.54, 1.807) is 10.7 Å². The molecule has 1 N–H and O–H groups in total. The van der Waals surface area contributed by atoms with Crippen molar-refractivity contribution in [2.45, 2.75) is 51.5 Å². The highest BCUT2D eigenvalue weighted by Gasteiger charge is 2.26. The van der Waals surface area contributed by atoms with Crippen molar-refractivity contribution >= 4 is 11.7 Å². The molecule has 1 fully saturated rings. The summed E-state index contributed by atoms with van der Waals surface area (Å²) in [5.41, 5.74) is 4.40. The van der Waals surface area contributed by atoms with Crippen molar-refractivity contribution in [2.24, 2.45) is 7.05 Å². The van der Waals surface area contributed by atoms with Crippen LogP contribution in [0.2, 0.25) is 0 Å². The molecule has 1 unspecified atom stereocenters. The van der Waals surface area contributed by atoms with Crippen LogP contribution in [0.3, 0.4) is 0 Å².